The first kappa shape index (κ1) is 16.2. The number of benzene rings is 2. The Morgan fingerprint density at radius 3 is 1.62 bits per heavy atom. The summed E-state index contributed by atoms with van der Waals surface area (Å²) < 4.78 is 0. The molecule has 0 saturated heterocycles. The van der Waals surface area contributed by atoms with Crippen molar-refractivity contribution in [3.8, 4) is 0 Å². The fourth-order valence-corrected chi connectivity index (χ4v) is 3.47. The highest BCUT2D eigenvalue weighted by molar-refractivity contribution is 5.88. The lowest BCUT2D eigenvalue weighted by atomic mass is 9.86. The van der Waals surface area contributed by atoms with Crippen LogP contribution in [0.3, 0.4) is 0 Å². The number of fused-ring (bicyclic) bond motifs is 4. The number of aryl methyl sites for hydroxylation is 4. The van der Waals surface area contributed by atoms with Gasteiger partial charge in [0.15, 0.2) is 0 Å². The summed E-state index contributed by atoms with van der Waals surface area (Å²) in [6, 6.07) is 6.77. The molecule has 0 spiro atoms. The number of rotatable bonds is 2. The first-order valence-electron chi connectivity index (χ1n) is 7.99. The van der Waals surface area contributed by atoms with E-state index in [1.807, 2.05) is 13.8 Å². The third-order valence-electron chi connectivity index (χ3n) is 5.02. The molecule has 124 valence electrons. The molecule has 5 heteroatoms. The van der Waals surface area contributed by atoms with Crippen molar-refractivity contribution < 1.29 is 14.8 Å². The zero-order valence-corrected chi connectivity index (χ0v) is 13.8. The minimum atomic E-state index is -0.917. The van der Waals surface area contributed by atoms with E-state index in [9.17, 15) is 20.0 Å². The first-order chi connectivity index (χ1) is 11.4. The van der Waals surface area contributed by atoms with Gasteiger partial charge in [-0.3, -0.25) is 10.1 Å². The van der Waals surface area contributed by atoms with Crippen molar-refractivity contribution in [3.05, 3.63) is 73.3 Å². The van der Waals surface area contributed by atoms with Crippen LogP contribution in [0.15, 0.2) is 24.3 Å². The maximum absolute atomic E-state index is 11.4. The Labute approximate surface area is 140 Å². The van der Waals surface area contributed by atoms with Gasteiger partial charge in [0.1, 0.15) is 0 Å². The summed E-state index contributed by atoms with van der Waals surface area (Å²) in [5.41, 5.74) is 6.68. The maximum Gasteiger partial charge on any atom is 0.335 e. The summed E-state index contributed by atoms with van der Waals surface area (Å²) in [6.45, 7) is 4.04. The van der Waals surface area contributed by atoms with Gasteiger partial charge in [-0.15, -0.1) is 0 Å². The predicted molar refractivity (Wildman–Crippen MR) is 90.8 cm³/mol. The van der Waals surface area contributed by atoms with E-state index in [0.29, 0.717) is 31.2 Å². The number of carboxylic acid groups (broad SMARTS) is 1. The van der Waals surface area contributed by atoms with E-state index in [1.165, 1.54) is 0 Å². The number of carbonyl (C=O) groups is 1. The van der Waals surface area contributed by atoms with Crippen LogP contribution in [0.1, 0.15) is 43.7 Å². The van der Waals surface area contributed by atoms with Crippen molar-refractivity contribution in [1.82, 2.24) is 0 Å². The molecule has 1 aliphatic carbocycles. The normalized spacial score (nSPS) is 13.4. The van der Waals surface area contributed by atoms with E-state index in [0.717, 1.165) is 33.4 Å². The molecule has 4 bridgehead atoms. The number of nitro benzene ring substituents is 1. The van der Waals surface area contributed by atoms with E-state index >= 15 is 0 Å². The summed E-state index contributed by atoms with van der Waals surface area (Å²) in [5.74, 6) is -0.917. The second kappa shape index (κ2) is 6.07. The fourth-order valence-electron chi connectivity index (χ4n) is 3.47. The van der Waals surface area contributed by atoms with E-state index in [1.54, 1.807) is 24.3 Å². The monoisotopic (exact) mass is 325 g/mol. The number of nitro groups is 1. The molecule has 0 aliphatic heterocycles. The average molecular weight is 325 g/mol. The van der Waals surface area contributed by atoms with Crippen LogP contribution in [-0.4, -0.2) is 16.0 Å². The second-order valence-electron chi connectivity index (χ2n) is 6.37. The number of carboxylic acids is 1. The molecule has 2 aromatic carbocycles. The van der Waals surface area contributed by atoms with Crippen molar-refractivity contribution in [2.45, 2.75) is 39.5 Å². The molecule has 5 nitrogen and oxygen atoms in total. The predicted octanol–water partition coefficient (Wildman–Crippen LogP) is 3.79. The lowest BCUT2D eigenvalue weighted by molar-refractivity contribution is -0.385. The van der Waals surface area contributed by atoms with Crippen molar-refractivity contribution in [2.75, 3.05) is 0 Å². The van der Waals surface area contributed by atoms with Gasteiger partial charge in [0.25, 0.3) is 5.69 Å². The van der Waals surface area contributed by atoms with Gasteiger partial charge in [0, 0.05) is 12.1 Å². The molecular weight excluding hydrogens is 306 g/mol. The first-order valence-corrected chi connectivity index (χ1v) is 7.99. The number of hydrogen-bond acceptors (Lipinski definition) is 3. The molecule has 1 aliphatic rings. The number of nitrogens with zero attached hydrogens (tertiary/aromatic N) is 1. The SMILES string of the molecule is Cc1c2cc(C(=O)O)cc1CCc1cc([N+](=O)[O-])cc(c1C)CC2. The number of aromatic carboxylic acids is 1. The number of non-ortho nitro benzene ring substituents is 1. The lowest BCUT2D eigenvalue weighted by Crippen LogP contribution is -2.09. The molecule has 0 heterocycles. The van der Waals surface area contributed by atoms with Gasteiger partial charge in [-0.1, -0.05) is 0 Å². The van der Waals surface area contributed by atoms with E-state index in [2.05, 4.69) is 0 Å². The van der Waals surface area contributed by atoms with E-state index in [-0.39, 0.29) is 10.6 Å². The van der Waals surface area contributed by atoms with Crippen LogP contribution >= 0.6 is 0 Å². The average Bonchev–Trinajstić information content (AvgIpc) is 2.53. The zero-order valence-electron chi connectivity index (χ0n) is 13.8. The Morgan fingerprint density at radius 2 is 1.29 bits per heavy atom. The lowest BCUT2D eigenvalue weighted by Gasteiger charge is -2.18. The fraction of sp³-hybridized carbons (Fsp3) is 0.316. The maximum atomic E-state index is 11.4. The molecule has 3 rings (SSSR count). The second-order valence-corrected chi connectivity index (χ2v) is 6.37. The van der Waals surface area contributed by atoms with Crippen molar-refractivity contribution >= 4 is 11.7 Å². The summed E-state index contributed by atoms with van der Waals surface area (Å²) >= 11 is 0. The molecular formula is C19H19NO4. The highest BCUT2D eigenvalue weighted by Gasteiger charge is 2.18. The molecule has 0 radical (unpaired) electrons. The summed E-state index contributed by atoms with van der Waals surface area (Å²) in [7, 11) is 0. The van der Waals surface area contributed by atoms with Crippen LogP contribution in [0, 0.1) is 24.0 Å². The molecule has 0 saturated carbocycles. The van der Waals surface area contributed by atoms with Crippen LogP contribution in [0.25, 0.3) is 0 Å². The Hall–Kier alpha value is -2.69. The largest absolute Gasteiger partial charge is 0.478 e. The van der Waals surface area contributed by atoms with Gasteiger partial charge in [-0.25, -0.2) is 4.79 Å². The van der Waals surface area contributed by atoms with Gasteiger partial charge < -0.3 is 5.11 Å². The zero-order chi connectivity index (χ0) is 17.4. The van der Waals surface area contributed by atoms with E-state index < -0.39 is 5.97 Å². The van der Waals surface area contributed by atoms with Gasteiger partial charge in [0.2, 0.25) is 0 Å². The summed E-state index contributed by atoms with van der Waals surface area (Å²) in [6.07, 6.45) is 2.70. The Bertz CT molecular complexity index is 733. The van der Waals surface area contributed by atoms with Crippen LogP contribution in [-0.2, 0) is 25.7 Å². The quantitative estimate of drug-likeness (QED) is 0.673. The van der Waals surface area contributed by atoms with Gasteiger partial charge in [-0.2, -0.15) is 0 Å². The summed E-state index contributed by atoms with van der Waals surface area (Å²) in [4.78, 5) is 22.2. The third-order valence-corrected chi connectivity index (χ3v) is 5.02. The van der Waals surface area contributed by atoms with Crippen molar-refractivity contribution in [2.24, 2.45) is 0 Å². The van der Waals surface area contributed by atoms with Crippen LogP contribution in [0.4, 0.5) is 5.69 Å². The minimum Gasteiger partial charge on any atom is -0.478 e. The number of hydrogen-bond donors (Lipinski definition) is 1. The highest BCUT2D eigenvalue weighted by atomic mass is 16.6. The topological polar surface area (TPSA) is 80.4 Å². The van der Waals surface area contributed by atoms with Crippen molar-refractivity contribution in [1.29, 1.82) is 0 Å². The van der Waals surface area contributed by atoms with Crippen LogP contribution < -0.4 is 0 Å². The summed E-state index contributed by atoms with van der Waals surface area (Å²) in [5, 5.41) is 20.5. The molecule has 0 atom stereocenters. The molecule has 0 unspecified atom stereocenters. The Kier molecular flexibility index (Phi) is 4.09. The highest BCUT2D eigenvalue weighted by Crippen LogP contribution is 2.28. The Balaban J connectivity index is 2.11. The third kappa shape index (κ3) is 2.89. The smallest absolute Gasteiger partial charge is 0.335 e. The molecule has 2 aromatic rings. The molecule has 1 N–H and O–H groups in total. The Morgan fingerprint density at radius 1 is 0.917 bits per heavy atom. The van der Waals surface area contributed by atoms with Crippen molar-refractivity contribution in [3.63, 3.8) is 0 Å². The van der Waals surface area contributed by atoms with Gasteiger partial charge in [0.05, 0.1) is 10.5 Å². The van der Waals surface area contributed by atoms with Gasteiger partial charge >= 0.3 is 5.97 Å². The minimum absolute atomic E-state index is 0.137. The molecule has 24 heavy (non-hydrogen) atoms. The standard InChI is InChI=1S/C19H19NO4/c1-11-13-3-5-15-9-18(20(23)24)10-16(12(15)2)6-4-14(11)8-17(7-13)19(21)22/h7-10H,3-6H2,1-2H3,(H,21,22). The van der Waals surface area contributed by atoms with Gasteiger partial charge in [-0.05, 0) is 85.0 Å². The van der Waals surface area contributed by atoms with Crippen LogP contribution in [0.2, 0.25) is 0 Å². The molecule has 0 aromatic heterocycles. The molecule has 0 fully saturated rings. The van der Waals surface area contributed by atoms with Crippen LogP contribution in [0.5, 0.6) is 0 Å². The van der Waals surface area contributed by atoms with E-state index in [4.69, 9.17) is 0 Å². The molecule has 0 amide bonds.